The molecule has 6 rings (SSSR count). The van der Waals surface area contributed by atoms with E-state index in [-0.39, 0.29) is 18.0 Å². The molecule has 1 aliphatic carbocycles. The van der Waals surface area contributed by atoms with Gasteiger partial charge in [-0.1, -0.05) is 17.7 Å². The second-order valence-corrected chi connectivity index (χ2v) is 10.6. The number of hydrogen-bond acceptors (Lipinski definition) is 6. The Labute approximate surface area is 239 Å². The van der Waals surface area contributed by atoms with Gasteiger partial charge in [-0.05, 0) is 43.0 Å². The number of nitrogens with zero attached hydrogens (tertiary/aromatic N) is 3. The third-order valence-electron chi connectivity index (χ3n) is 7.60. The number of aromatic nitrogens is 3. The number of morpholine rings is 1. The average molecular weight is 584 g/mol. The number of benzene rings is 2. The van der Waals surface area contributed by atoms with E-state index in [2.05, 4.69) is 15.4 Å². The molecule has 1 amide bonds. The van der Waals surface area contributed by atoms with Crippen molar-refractivity contribution in [3.63, 3.8) is 0 Å². The number of halogens is 3. The molecule has 2 N–H and O–H groups in total. The van der Waals surface area contributed by atoms with E-state index in [1.54, 1.807) is 24.4 Å². The van der Waals surface area contributed by atoms with E-state index in [0.29, 0.717) is 70.7 Å². The molecule has 0 bridgehead atoms. The van der Waals surface area contributed by atoms with Crippen molar-refractivity contribution < 1.29 is 23.0 Å². The first kappa shape index (κ1) is 27.4. The standard InChI is InChI=1S/C29H28ClF2N5O4/c1-40-24-12-17(4-7-21(24)30)27-34-29(39)26-25(16-2-3-16)20(15-37(26)35-27)28(38)33-14-23(36-8-10-41-11-9-36)19-6-5-18(31)13-22(19)32/h4-7,12-13,15-16,23H,2-3,8-11,14H2,1H3,(H,33,38)(H,34,35,39). The number of carbonyl (C=O) groups excluding carboxylic acids is 1. The maximum atomic E-state index is 14.8. The van der Waals surface area contributed by atoms with Gasteiger partial charge in [0.05, 0.1) is 37.0 Å². The Kier molecular flexibility index (Phi) is 7.50. The van der Waals surface area contributed by atoms with Crippen LogP contribution in [0.2, 0.25) is 5.02 Å². The summed E-state index contributed by atoms with van der Waals surface area (Å²) >= 11 is 6.15. The van der Waals surface area contributed by atoms with Gasteiger partial charge in [-0.2, -0.15) is 0 Å². The smallest absolute Gasteiger partial charge is 0.275 e. The zero-order chi connectivity index (χ0) is 28.7. The van der Waals surface area contributed by atoms with Crippen molar-refractivity contribution in [2.75, 3.05) is 40.0 Å². The summed E-state index contributed by atoms with van der Waals surface area (Å²) in [4.78, 5) is 31.8. The average Bonchev–Trinajstić information content (AvgIpc) is 3.73. The number of nitrogens with one attached hydrogen (secondary N) is 2. The van der Waals surface area contributed by atoms with Gasteiger partial charge >= 0.3 is 0 Å². The van der Waals surface area contributed by atoms with Crippen molar-refractivity contribution in [1.82, 2.24) is 24.8 Å². The van der Waals surface area contributed by atoms with Gasteiger partial charge in [-0.25, -0.2) is 13.3 Å². The number of carbonyl (C=O) groups is 1. The molecule has 12 heteroatoms. The molecule has 214 valence electrons. The first-order valence-electron chi connectivity index (χ1n) is 13.4. The number of rotatable bonds is 8. The predicted octanol–water partition coefficient (Wildman–Crippen LogP) is 4.31. The lowest BCUT2D eigenvalue weighted by Gasteiger charge is -2.35. The Hall–Kier alpha value is -3.80. The van der Waals surface area contributed by atoms with Gasteiger partial charge in [0, 0.05) is 48.6 Å². The van der Waals surface area contributed by atoms with E-state index in [9.17, 15) is 18.4 Å². The number of methoxy groups -OCH3 is 1. The zero-order valence-corrected chi connectivity index (χ0v) is 23.0. The minimum absolute atomic E-state index is 0.0645. The normalized spacial score (nSPS) is 16.6. The first-order valence-corrected chi connectivity index (χ1v) is 13.8. The summed E-state index contributed by atoms with van der Waals surface area (Å²) in [6, 6.07) is 7.99. The van der Waals surface area contributed by atoms with Crippen LogP contribution in [-0.2, 0) is 4.74 Å². The van der Waals surface area contributed by atoms with E-state index in [4.69, 9.17) is 21.1 Å². The van der Waals surface area contributed by atoms with Crippen molar-refractivity contribution in [2.24, 2.45) is 0 Å². The van der Waals surface area contributed by atoms with E-state index >= 15 is 0 Å². The zero-order valence-electron chi connectivity index (χ0n) is 22.3. The predicted molar refractivity (Wildman–Crippen MR) is 149 cm³/mol. The SMILES string of the molecule is COc1cc(-c2nn3cc(C(=O)NCC(c4ccc(F)cc4F)N4CCOCC4)c(C4CC4)c3c(=O)[nH]2)ccc1Cl. The molecule has 0 spiro atoms. The van der Waals surface area contributed by atoms with Crippen LogP contribution in [0, 0.1) is 11.6 Å². The molecule has 0 radical (unpaired) electrons. The van der Waals surface area contributed by atoms with Crippen LogP contribution in [0.1, 0.15) is 46.3 Å². The van der Waals surface area contributed by atoms with Gasteiger partial charge in [0.1, 0.15) is 22.9 Å². The maximum Gasteiger partial charge on any atom is 0.275 e. The van der Waals surface area contributed by atoms with E-state index in [0.717, 1.165) is 18.9 Å². The topological polar surface area (TPSA) is 101 Å². The highest BCUT2D eigenvalue weighted by Crippen LogP contribution is 2.43. The van der Waals surface area contributed by atoms with Crippen LogP contribution in [0.4, 0.5) is 8.78 Å². The number of fused-ring (bicyclic) bond motifs is 1. The summed E-state index contributed by atoms with van der Waals surface area (Å²) in [5, 5.41) is 7.96. The van der Waals surface area contributed by atoms with E-state index < -0.39 is 23.6 Å². The van der Waals surface area contributed by atoms with Crippen molar-refractivity contribution >= 4 is 23.0 Å². The number of ether oxygens (including phenoxy) is 2. The summed E-state index contributed by atoms with van der Waals surface area (Å²) in [5.41, 5.74) is 1.82. The highest BCUT2D eigenvalue weighted by Gasteiger charge is 2.34. The molecule has 2 aromatic carbocycles. The van der Waals surface area contributed by atoms with Gasteiger partial charge in [0.2, 0.25) is 0 Å². The molecular formula is C29H28ClF2N5O4. The third kappa shape index (κ3) is 5.44. The second kappa shape index (κ2) is 11.2. The molecule has 4 aromatic rings. The Morgan fingerprint density at radius 1 is 1.22 bits per heavy atom. The summed E-state index contributed by atoms with van der Waals surface area (Å²) in [6.07, 6.45) is 3.27. The minimum atomic E-state index is -0.675. The number of aromatic amines is 1. The molecule has 2 fully saturated rings. The molecule has 1 unspecified atom stereocenters. The maximum absolute atomic E-state index is 14.8. The molecular weight excluding hydrogens is 556 g/mol. The molecule has 2 aromatic heterocycles. The van der Waals surface area contributed by atoms with E-state index in [1.807, 2.05) is 4.90 Å². The van der Waals surface area contributed by atoms with Crippen LogP contribution in [-0.4, -0.2) is 65.4 Å². The molecule has 2 aliphatic rings. The van der Waals surface area contributed by atoms with Gasteiger partial charge in [-0.15, -0.1) is 5.10 Å². The highest BCUT2D eigenvalue weighted by atomic mass is 35.5. The summed E-state index contributed by atoms with van der Waals surface area (Å²) in [5.74, 6) is -0.945. The van der Waals surface area contributed by atoms with Gasteiger partial charge in [0.15, 0.2) is 5.82 Å². The van der Waals surface area contributed by atoms with Crippen molar-refractivity contribution in [3.8, 4) is 17.1 Å². The lowest BCUT2D eigenvalue weighted by molar-refractivity contribution is 0.0155. The molecule has 1 saturated heterocycles. The number of hydrogen-bond donors (Lipinski definition) is 2. The van der Waals surface area contributed by atoms with Crippen molar-refractivity contribution in [1.29, 1.82) is 0 Å². The summed E-state index contributed by atoms with van der Waals surface area (Å²) < 4.78 is 40.7. The molecule has 1 atom stereocenters. The largest absolute Gasteiger partial charge is 0.495 e. The van der Waals surface area contributed by atoms with Gasteiger partial charge < -0.3 is 19.8 Å². The Bertz CT molecular complexity index is 1680. The van der Waals surface area contributed by atoms with Crippen LogP contribution < -0.4 is 15.6 Å². The van der Waals surface area contributed by atoms with Crippen LogP contribution in [0.25, 0.3) is 16.9 Å². The highest BCUT2D eigenvalue weighted by molar-refractivity contribution is 6.32. The lowest BCUT2D eigenvalue weighted by atomic mass is 10.0. The van der Waals surface area contributed by atoms with Crippen molar-refractivity contribution in [2.45, 2.75) is 24.8 Å². The Morgan fingerprint density at radius 3 is 2.71 bits per heavy atom. The van der Waals surface area contributed by atoms with Crippen LogP contribution in [0.3, 0.4) is 0 Å². The summed E-state index contributed by atoms with van der Waals surface area (Å²) in [6.45, 7) is 2.11. The fourth-order valence-electron chi connectivity index (χ4n) is 5.40. The minimum Gasteiger partial charge on any atom is -0.495 e. The Morgan fingerprint density at radius 2 is 2.00 bits per heavy atom. The number of H-pyrrole nitrogens is 1. The molecule has 1 aliphatic heterocycles. The molecule has 41 heavy (non-hydrogen) atoms. The summed E-state index contributed by atoms with van der Waals surface area (Å²) in [7, 11) is 1.50. The van der Waals surface area contributed by atoms with Crippen LogP contribution >= 0.6 is 11.6 Å². The first-order chi connectivity index (χ1) is 19.8. The van der Waals surface area contributed by atoms with E-state index in [1.165, 1.54) is 23.8 Å². The molecule has 9 nitrogen and oxygen atoms in total. The van der Waals surface area contributed by atoms with Gasteiger partial charge in [0.25, 0.3) is 11.5 Å². The van der Waals surface area contributed by atoms with Crippen LogP contribution in [0.5, 0.6) is 5.75 Å². The monoisotopic (exact) mass is 583 g/mol. The second-order valence-electron chi connectivity index (χ2n) is 10.2. The fraction of sp³-hybridized carbons (Fsp3) is 0.345. The quantitative estimate of drug-likeness (QED) is 0.321. The Balaban J connectivity index is 1.33. The van der Waals surface area contributed by atoms with Crippen molar-refractivity contribution in [3.05, 3.63) is 86.3 Å². The molecule has 1 saturated carbocycles. The van der Waals surface area contributed by atoms with Gasteiger partial charge in [-0.3, -0.25) is 14.5 Å². The third-order valence-corrected chi connectivity index (χ3v) is 7.91. The fourth-order valence-corrected chi connectivity index (χ4v) is 5.59. The molecule has 3 heterocycles. The van der Waals surface area contributed by atoms with Crippen LogP contribution in [0.15, 0.2) is 47.4 Å². The lowest BCUT2D eigenvalue weighted by Crippen LogP contribution is -2.44. The number of amides is 1.